The molecule has 0 saturated carbocycles. The van der Waals surface area contributed by atoms with Crippen LogP contribution in [0.3, 0.4) is 0 Å². The number of carbonyl (C=O) groups is 2. The molecule has 0 bridgehead atoms. The number of benzene rings is 2. The van der Waals surface area contributed by atoms with Gasteiger partial charge in [0.15, 0.2) is 0 Å². The number of hydrogen-bond acceptors (Lipinski definition) is 3. The Morgan fingerprint density at radius 2 is 1.88 bits per heavy atom. The maximum atomic E-state index is 12.5. The topological polar surface area (TPSA) is 57.6 Å². The lowest BCUT2D eigenvalue weighted by molar-refractivity contribution is -0.141. The third-order valence-corrected chi connectivity index (χ3v) is 5.51. The highest BCUT2D eigenvalue weighted by molar-refractivity contribution is 7.99. The average molecular weight is 376 g/mol. The summed E-state index contributed by atoms with van der Waals surface area (Å²) >= 11 is 7.45. The maximum Gasteiger partial charge on any atom is 0.312 e. The van der Waals surface area contributed by atoms with Gasteiger partial charge in [0.25, 0.3) is 0 Å². The number of nitrogens with zero attached hydrogens (tertiary/aromatic N) is 1. The van der Waals surface area contributed by atoms with E-state index in [0.29, 0.717) is 23.7 Å². The SMILES string of the molecule is O=C(O)C1CN(C(=O)CCSc2ccc(Cl)cc2)Cc2ccccc21. The van der Waals surface area contributed by atoms with Crippen LogP contribution in [-0.2, 0) is 16.1 Å². The standard InChI is InChI=1S/C19H18ClNO3S/c20-14-5-7-15(8-6-14)25-10-9-18(22)21-11-13-3-1-2-4-16(13)17(12-21)19(23)24/h1-8,17H,9-12H2,(H,23,24). The van der Waals surface area contributed by atoms with E-state index >= 15 is 0 Å². The van der Waals surface area contributed by atoms with Crippen molar-refractivity contribution >= 4 is 35.2 Å². The molecule has 2 aromatic rings. The number of carbonyl (C=O) groups excluding carboxylic acids is 1. The predicted molar refractivity (Wildman–Crippen MR) is 99.0 cm³/mol. The molecule has 0 fully saturated rings. The Balaban J connectivity index is 1.61. The summed E-state index contributed by atoms with van der Waals surface area (Å²) in [5.41, 5.74) is 1.73. The molecule has 0 aromatic heterocycles. The lowest BCUT2D eigenvalue weighted by Crippen LogP contribution is -2.40. The van der Waals surface area contributed by atoms with Crippen LogP contribution in [0.5, 0.6) is 0 Å². The van der Waals surface area contributed by atoms with Crippen molar-refractivity contribution in [2.75, 3.05) is 12.3 Å². The summed E-state index contributed by atoms with van der Waals surface area (Å²) < 4.78 is 0. The van der Waals surface area contributed by atoms with Crippen LogP contribution in [0, 0.1) is 0 Å². The fraction of sp³-hybridized carbons (Fsp3) is 0.263. The van der Waals surface area contributed by atoms with E-state index in [1.165, 1.54) is 0 Å². The quantitative estimate of drug-likeness (QED) is 0.801. The summed E-state index contributed by atoms with van der Waals surface area (Å²) in [6.45, 7) is 0.710. The molecule has 1 aliphatic rings. The van der Waals surface area contributed by atoms with Crippen molar-refractivity contribution in [3.8, 4) is 0 Å². The third kappa shape index (κ3) is 4.35. The monoisotopic (exact) mass is 375 g/mol. The van der Waals surface area contributed by atoms with Gasteiger partial charge < -0.3 is 10.0 Å². The Labute approximate surface area is 155 Å². The van der Waals surface area contributed by atoms with Crippen molar-refractivity contribution in [3.05, 3.63) is 64.7 Å². The van der Waals surface area contributed by atoms with E-state index in [-0.39, 0.29) is 12.5 Å². The molecule has 3 rings (SSSR count). The molecule has 0 radical (unpaired) electrons. The number of aliphatic carboxylic acids is 1. The predicted octanol–water partition coefficient (Wildman–Crippen LogP) is 4.03. The number of carboxylic acid groups (broad SMARTS) is 1. The van der Waals surface area contributed by atoms with Gasteiger partial charge in [0, 0.05) is 35.2 Å². The molecule has 0 aliphatic carbocycles. The third-order valence-electron chi connectivity index (χ3n) is 4.24. The minimum Gasteiger partial charge on any atom is -0.481 e. The summed E-state index contributed by atoms with van der Waals surface area (Å²) in [6, 6.07) is 15.0. The molecule has 0 saturated heterocycles. The van der Waals surface area contributed by atoms with Crippen molar-refractivity contribution in [2.24, 2.45) is 0 Å². The summed E-state index contributed by atoms with van der Waals surface area (Å²) in [4.78, 5) is 26.8. The van der Waals surface area contributed by atoms with Crippen LogP contribution in [-0.4, -0.2) is 34.2 Å². The van der Waals surface area contributed by atoms with Gasteiger partial charge >= 0.3 is 5.97 Å². The molecular formula is C19H18ClNO3S. The van der Waals surface area contributed by atoms with Gasteiger partial charge in [0.1, 0.15) is 0 Å². The highest BCUT2D eigenvalue weighted by Gasteiger charge is 2.32. The average Bonchev–Trinajstić information content (AvgIpc) is 2.62. The van der Waals surface area contributed by atoms with Gasteiger partial charge in [-0.15, -0.1) is 11.8 Å². The summed E-state index contributed by atoms with van der Waals surface area (Å²) in [5, 5.41) is 10.2. The molecule has 1 heterocycles. The first-order valence-corrected chi connectivity index (χ1v) is 9.37. The Bertz CT molecular complexity index is 778. The van der Waals surface area contributed by atoms with Gasteiger partial charge in [-0.2, -0.15) is 0 Å². The van der Waals surface area contributed by atoms with Gasteiger partial charge in [-0.1, -0.05) is 35.9 Å². The second kappa shape index (κ2) is 7.93. The smallest absolute Gasteiger partial charge is 0.312 e. The van der Waals surface area contributed by atoms with E-state index in [4.69, 9.17) is 11.6 Å². The Morgan fingerprint density at radius 3 is 2.60 bits per heavy atom. The number of hydrogen-bond donors (Lipinski definition) is 1. The van der Waals surface area contributed by atoms with Crippen LogP contribution in [0.1, 0.15) is 23.5 Å². The Morgan fingerprint density at radius 1 is 1.16 bits per heavy atom. The van der Waals surface area contributed by atoms with Crippen molar-refractivity contribution in [1.29, 1.82) is 0 Å². The molecule has 1 aliphatic heterocycles. The Hall–Kier alpha value is -1.98. The normalized spacial score (nSPS) is 16.4. The van der Waals surface area contributed by atoms with Crippen LogP contribution in [0.15, 0.2) is 53.4 Å². The molecule has 0 spiro atoms. The van der Waals surface area contributed by atoms with Crippen LogP contribution in [0.2, 0.25) is 5.02 Å². The summed E-state index contributed by atoms with van der Waals surface area (Å²) in [7, 11) is 0. The molecule has 1 atom stereocenters. The highest BCUT2D eigenvalue weighted by Crippen LogP contribution is 2.29. The zero-order valence-corrected chi connectivity index (χ0v) is 15.1. The number of halogens is 1. The van der Waals surface area contributed by atoms with Crippen molar-refractivity contribution in [1.82, 2.24) is 4.90 Å². The van der Waals surface area contributed by atoms with Gasteiger partial charge in [0.05, 0.1) is 5.92 Å². The second-order valence-electron chi connectivity index (χ2n) is 5.92. The molecule has 1 amide bonds. The highest BCUT2D eigenvalue weighted by atomic mass is 35.5. The van der Waals surface area contributed by atoms with Gasteiger partial charge in [0.2, 0.25) is 5.91 Å². The number of fused-ring (bicyclic) bond motifs is 1. The van der Waals surface area contributed by atoms with Crippen LogP contribution in [0.4, 0.5) is 0 Å². The molecular weight excluding hydrogens is 358 g/mol. The van der Waals surface area contributed by atoms with Crippen LogP contribution < -0.4 is 0 Å². The fourth-order valence-corrected chi connectivity index (χ4v) is 3.92. The van der Waals surface area contributed by atoms with Crippen molar-refractivity contribution in [3.63, 3.8) is 0 Å². The largest absolute Gasteiger partial charge is 0.481 e. The second-order valence-corrected chi connectivity index (χ2v) is 7.52. The van der Waals surface area contributed by atoms with Gasteiger partial charge in [-0.25, -0.2) is 0 Å². The van der Waals surface area contributed by atoms with Crippen molar-refractivity contribution < 1.29 is 14.7 Å². The van der Waals surface area contributed by atoms with Crippen molar-refractivity contribution in [2.45, 2.75) is 23.8 Å². The summed E-state index contributed by atoms with van der Waals surface area (Å²) in [5.74, 6) is -0.906. The maximum absolute atomic E-state index is 12.5. The summed E-state index contributed by atoms with van der Waals surface area (Å²) in [6.07, 6.45) is 0.377. The van der Waals surface area contributed by atoms with Gasteiger partial charge in [-0.3, -0.25) is 9.59 Å². The first kappa shape index (κ1) is 17.8. The lowest BCUT2D eigenvalue weighted by atomic mass is 9.89. The fourth-order valence-electron chi connectivity index (χ4n) is 2.95. The number of carboxylic acids is 1. The first-order chi connectivity index (χ1) is 12.0. The first-order valence-electron chi connectivity index (χ1n) is 8.01. The number of thioether (sulfide) groups is 1. The van der Waals surface area contributed by atoms with E-state index in [1.54, 1.807) is 16.7 Å². The number of amides is 1. The van der Waals surface area contributed by atoms with E-state index in [1.807, 2.05) is 48.5 Å². The molecule has 130 valence electrons. The van der Waals surface area contributed by atoms with Crippen LogP contribution in [0.25, 0.3) is 0 Å². The van der Waals surface area contributed by atoms with Crippen LogP contribution >= 0.6 is 23.4 Å². The zero-order valence-electron chi connectivity index (χ0n) is 13.5. The molecule has 1 unspecified atom stereocenters. The minimum absolute atomic E-state index is 0.0118. The van der Waals surface area contributed by atoms with Gasteiger partial charge in [-0.05, 0) is 35.4 Å². The molecule has 25 heavy (non-hydrogen) atoms. The molecule has 1 N–H and O–H groups in total. The Kier molecular flexibility index (Phi) is 5.66. The van der Waals surface area contributed by atoms with E-state index in [9.17, 15) is 14.7 Å². The molecule has 4 nitrogen and oxygen atoms in total. The van der Waals surface area contributed by atoms with E-state index in [2.05, 4.69) is 0 Å². The molecule has 6 heteroatoms. The minimum atomic E-state index is -0.888. The van der Waals surface area contributed by atoms with E-state index in [0.717, 1.165) is 16.0 Å². The number of rotatable bonds is 5. The lowest BCUT2D eigenvalue weighted by Gasteiger charge is -2.32. The molecule has 2 aromatic carbocycles. The van der Waals surface area contributed by atoms with E-state index < -0.39 is 11.9 Å². The zero-order chi connectivity index (χ0) is 17.8.